The van der Waals surface area contributed by atoms with E-state index in [1.807, 2.05) is 0 Å². The maximum absolute atomic E-state index is 12.4. The lowest BCUT2D eigenvalue weighted by Crippen LogP contribution is -2.63. The molecule has 0 unspecified atom stereocenters. The van der Waals surface area contributed by atoms with Crippen LogP contribution in [0.5, 0.6) is 0 Å². The third-order valence-electron chi connectivity index (χ3n) is 3.61. The Morgan fingerprint density at radius 2 is 1.67 bits per heavy atom. The van der Waals surface area contributed by atoms with Crippen LogP contribution < -0.4 is 5.73 Å². The molecule has 7 nitrogen and oxygen atoms in total. The molecule has 0 aromatic carbocycles. The molecule has 0 aromatic rings. The molecule has 2 heterocycles. The second-order valence-electron chi connectivity index (χ2n) is 4.82. The smallest absolute Gasteiger partial charge is 0.284 e. The molecule has 2 fully saturated rings. The second-order valence-corrected chi connectivity index (χ2v) is 6.68. The predicted molar refractivity (Wildman–Crippen MR) is 64.4 cm³/mol. The minimum Gasteiger partial charge on any atom is -0.366 e. The number of hydrogen-bond acceptors (Lipinski definition) is 4. The Labute approximate surface area is 107 Å². The number of nitrogens with two attached hydrogens (primary N) is 1. The van der Waals surface area contributed by atoms with E-state index in [-0.39, 0.29) is 13.0 Å². The van der Waals surface area contributed by atoms with E-state index in [9.17, 15) is 18.3 Å². The van der Waals surface area contributed by atoms with Gasteiger partial charge < -0.3 is 10.8 Å². The lowest BCUT2D eigenvalue weighted by molar-refractivity contribution is -0.155. The molecule has 2 rings (SSSR count). The summed E-state index contributed by atoms with van der Waals surface area (Å²) >= 11 is 0. The number of rotatable bonds is 3. The van der Waals surface area contributed by atoms with E-state index in [4.69, 9.17) is 5.73 Å². The van der Waals surface area contributed by atoms with Crippen LogP contribution in [0.15, 0.2) is 0 Å². The van der Waals surface area contributed by atoms with Gasteiger partial charge in [-0.25, -0.2) is 0 Å². The lowest BCUT2D eigenvalue weighted by atomic mass is 10.0. The molecule has 18 heavy (non-hydrogen) atoms. The fourth-order valence-electron chi connectivity index (χ4n) is 2.55. The zero-order chi connectivity index (χ0) is 13.4. The second kappa shape index (κ2) is 4.76. The lowest BCUT2D eigenvalue weighted by Gasteiger charge is -2.41. The van der Waals surface area contributed by atoms with Crippen LogP contribution >= 0.6 is 0 Å². The summed E-state index contributed by atoms with van der Waals surface area (Å²) in [5.41, 5.74) is 3.10. The van der Waals surface area contributed by atoms with Crippen LogP contribution in [0.4, 0.5) is 0 Å². The largest absolute Gasteiger partial charge is 0.366 e. The van der Waals surface area contributed by atoms with Crippen molar-refractivity contribution in [1.29, 1.82) is 0 Å². The monoisotopic (exact) mass is 277 g/mol. The Morgan fingerprint density at radius 1 is 1.11 bits per heavy atom. The van der Waals surface area contributed by atoms with Gasteiger partial charge >= 0.3 is 0 Å². The van der Waals surface area contributed by atoms with E-state index < -0.39 is 21.8 Å². The molecule has 2 aliphatic heterocycles. The molecule has 0 aromatic heterocycles. The fraction of sp³-hybridized carbons (Fsp3) is 0.900. The Hall–Kier alpha value is -0.700. The third kappa shape index (κ3) is 2.13. The Morgan fingerprint density at radius 3 is 2.22 bits per heavy atom. The van der Waals surface area contributed by atoms with Crippen LogP contribution in [0.1, 0.15) is 32.1 Å². The SMILES string of the molecule is NC(=O)[C@]1(O)CCCCN1S(=O)(=O)N1CCCC1. The van der Waals surface area contributed by atoms with Crippen LogP contribution in [0, 0.1) is 0 Å². The van der Waals surface area contributed by atoms with Crippen molar-refractivity contribution in [3.63, 3.8) is 0 Å². The van der Waals surface area contributed by atoms with Gasteiger partial charge in [0.15, 0.2) is 0 Å². The molecule has 1 atom stereocenters. The van der Waals surface area contributed by atoms with Gasteiger partial charge in [-0.3, -0.25) is 4.79 Å². The first-order valence-electron chi connectivity index (χ1n) is 6.19. The number of amides is 1. The van der Waals surface area contributed by atoms with Crippen molar-refractivity contribution in [1.82, 2.24) is 8.61 Å². The minimum atomic E-state index is -3.80. The molecule has 2 aliphatic rings. The van der Waals surface area contributed by atoms with E-state index in [1.54, 1.807) is 0 Å². The van der Waals surface area contributed by atoms with Crippen molar-refractivity contribution in [3.05, 3.63) is 0 Å². The summed E-state index contributed by atoms with van der Waals surface area (Å²) in [6.07, 6.45) is 2.90. The van der Waals surface area contributed by atoms with Crippen molar-refractivity contribution in [3.8, 4) is 0 Å². The molecular formula is C10H19N3O4S. The Kier molecular flexibility index (Phi) is 3.63. The van der Waals surface area contributed by atoms with Crippen molar-refractivity contribution in [2.45, 2.75) is 37.8 Å². The molecule has 104 valence electrons. The number of aliphatic hydroxyl groups is 1. The minimum absolute atomic E-state index is 0.0649. The molecule has 2 saturated heterocycles. The molecule has 0 spiro atoms. The zero-order valence-corrected chi connectivity index (χ0v) is 11.0. The van der Waals surface area contributed by atoms with Crippen LogP contribution in [0.2, 0.25) is 0 Å². The Bertz CT molecular complexity index is 432. The highest BCUT2D eigenvalue weighted by molar-refractivity contribution is 7.86. The summed E-state index contributed by atoms with van der Waals surface area (Å²) in [4.78, 5) is 11.4. The number of carbonyl (C=O) groups is 1. The quantitative estimate of drug-likeness (QED) is 0.689. The van der Waals surface area contributed by atoms with E-state index in [0.29, 0.717) is 25.9 Å². The van der Waals surface area contributed by atoms with Gasteiger partial charge in [0.2, 0.25) is 5.72 Å². The van der Waals surface area contributed by atoms with Gasteiger partial charge in [0.05, 0.1) is 0 Å². The van der Waals surface area contributed by atoms with Gasteiger partial charge in [-0.15, -0.1) is 4.31 Å². The number of hydrogen-bond donors (Lipinski definition) is 2. The summed E-state index contributed by atoms with van der Waals surface area (Å²) in [6, 6.07) is 0. The standard InChI is InChI=1S/C10H19N3O4S/c11-9(14)10(15)5-1-2-8-13(10)18(16,17)12-6-3-4-7-12/h15H,1-8H2,(H2,11,14)/t10-/m1/s1. The average molecular weight is 277 g/mol. The van der Waals surface area contributed by atoms with Crippen LogP contribution in [0.3, 0.4) is 0 Å². The molecule has 0 saturated carbocycles. The number of nitrogens with zero attached hydrogens (tertiary/aromatic N) is 2. The maximum atomic E-state index is 12.4. The van der Waals surface area contributed by atoms with Crippen molar-refractivity contribution in [2.75, 3.05) is 19.6 Å². The molecule has 0 radical (unpaired) electrons. The number of carbonyl (C=O) groups excluding carboxylic acids is 1. The van der Waals surface area contributed by atoms with E-state index in [0.717, 1.165) is 17.1 Å². The van der Waals surface area contributed by atoms with Crippen molar-refractivity contribution >= 4 is 16.1 Å². The van der Waals surface area contributed by atoms with Crippen LogP contribution in [-0.2, 0) is 15.0 Å². The zero-order valence-electron chi connectivity index (χ0n) is 10.2. The van der Waals surface area contributed by atoms with E-state index in [2.05, 4.69) is 0 Å². The average Bonchev–Trinajstić information content (AvgIpc) is 2.83. The highest BCUT2D eigenvalue weighted by Gasteiger charge is 2.50. The summed E-state index contributed by atoms with van der Waals surface area (Å²) < 4.78 is 27.0. The van der Waals surface area contributed by atoms with E-state index >= 15 is 0 Å². The third-order valence-corrected chi connectivity index (χ3v) is 5.67. The van der Waals surface area contributed by atoms with E-state index in [1.165, 1.54) is 4.31 Å². The summed E-state index contributed by atoms with van der Waals surface area (Å²) in [7, 11) is -3.80. The topological polar surface area (TPSA) is 104 Å². The van der Waals surface area contributed by atoms with Gasteiger partial charge in [0, 0.05) is 26.1 Å². The highest BCUT2D eigenvalue weighted by Crippen LogP contribution is 2.31. The molecule has 8 heteroatoms. The summed E-state index contributed by atoms with van der Waals surface area (Å²) in [5, 5.41) is 10.2. The first-order chi connectivity index (χ1) is 8.39. The molecule has 3 N–H and O–H groups in total. The summed E-state index contributed by atoms with van der Waals surface area (Å²) in [5.74, 6) is -0.995. The van der Waals surface area contributed by atoms with Crippen molar-refractivity contribution in [2.24, 2.45) is 5.73 Å². The Balaban J connectivity index is 2.31. The van der Waals surface area contributed by atoms with Gasteiger partial charge in [-0.1, -0.05) is 0 Å². The molecule has 1 amide bonds. The van der Waals surface area contributed by atoms with Crippen LogP contribution in [0.25, 0.3) is 0 Å². The molecule has 0 bridgehead atoms. The molecule has 0 aliphatic carbocycles. The number of primary amides is 1. The fourth-order valence-corrected chi connectivity index (χ4v) is 4.47. The van der Waals surface area contributed by atoms with Crippen molar-refractivity contribution < 1.29 is 18.3 Å². The molecular weight excluding hydrogens is 258 g/mol. The van der Waals surface area contributed by atoms with Gasteiger partial charge in [-0.05, 0) is 25.7 Å². The van der Waals surface area contributed by atoms with Gasteiger partial charge in [0.1, 0.15) is 0 Å². The summed E-state index contributed by atoms with van der Waals surface area (Å²) in [6.45, 7) is 1.01. The maximum Gasteiger partial charge on any atom is 0.284 e. The highest BCUT2D eigenvalue weighted by atomic mass is 32.2. The normalized spacial score (nSPS) is 31.6. The first-order valence-corrected chi connectivity index (χ1v) is 7.59. The first kappa shape index (κ1) is 13.7. The predicted octanol–water partition coefficient (Wildman–Crippen LogP) is -1.01. The van der Waals surface area contributed by atoms with Crippen LogP contribution in [-0.4, -0.2) is 53.4 Å². The van der Waals surface area contributed by atoms with Gasteiger partial charge in [-0.2, -0.15) is 12.7 Å². The number of piperidine rings is 1. The van der Waals surface area contributed by atoms with Gasteiger partial charge in [0.25, 0.3) is 16.1 Å².